The normalized spacial score (nSPS) is 15.6. The van der Waals surface area contributed by atoms with Gasteiger partial charge in [0.05, 0.1) is 10.5 Å². The van der Waals surface area contributed by atoms with Gasteiger partial charge in [-0.1, -0.05) is 24.3 Å². The Hall–Kier alpha value is -1.19. The molecule has 2 aromatic carbocycles. The highest BCUT2D eigenvalue weighted by atomic mass is 79.9. The lowest BCUT2D eigenvalue weighted by molar-refractivity contribution is 0.610. The van der Waals surface area contributed by atoms with Gasteiger partial charge in [0.2, 0.25) is 0 Å². The van der Waals surface area contributed by atoms with Crippen LogP contribution < -0.4 is 5.32 Å². The van der Waals surface area contributed by atoms with Crippen LogP contribution in [0.25, 0.3) is 0 Å². The largest absolute Gasteiger partial charge is 0.309 e. The van der Waals surface area contributed by atoms with Crippen LogP contribution in [0, 0.1) is 5.82 Å². The van der Waals surface area contributed by atoms with Crippen molar-refractivity contribution in [2.24, 2.45) is 0 Å². The lowest BCUT2D eigenvalue weighted by Gasteiger charge is -2.22. The Bertz CT molecular complexity index is 654. The lowest BCUT2D eigenvalue weighted by Crippen LogP contribution is -2.18. The fourth-order valence-electron chi connectivity index (χ4n) is 3.15. The van der Waals surface area contributed by atoms with Crippen molar-refractivity contribution in [3.8, 4) is 0 Å². The molecule has 0 fully saturated rings. The monoisotopic (exact) mass is 347 g/mol. The molecule has 1 aliphatic carbocycles. The van der Waals surface area contributed by atoms with E-state index in [0.717, 1.165) is 12.0 Å². The molecule has 0 amide bonds. The number of hydrogen-bond donors (Lipinski definition) is 1. The lowest BCUT2D eigenvalue weighted by atomic mass is 9.88. The van der Waals surface area contributed by atoms with Crippen molar-refractivity contribution in [1.29, 1.82) is 0 Å². The third-order valence-corrected chi connectivity index (χ3v) is 4.91. The number of nitrogens with one attached hydrogen (secondary N) is 1. The minimum atomic E-state index is -0.217. The third kappa shape index (κ3) is 3.04. The molecule has 0 bridgehead atoms. The molecular weight excluding hydrogens is 329 g/mol. The zero-order valence-electron chi connectivity index (χ0n) is 12.1. The first-order valence-electron chi connectivity index (χ1n) is 7.43. The second-order valence-corrected chi connectivity index (χ2v) is 6.48. The average molecular weight is 348 g/mol. The molecule has 1 nitrogen and oxygen atoms in total. The van der Waals surface area contributed by atoms with Gasteiger partial charge < -0.3 is 5.32 Å². The summed E-state index contributed by atoms with van der Waals surface area (Å²) in [4.78, 5) is 0. The van der Waals surface area contributed by atoms with Crippen LogP contribution >= 0.6 is 15.9 Å². The second-order valence-electron chi connectivity index (χ2n) is 5.63. The standard InChI is InChI=1S/C18H19BrFN/c1-21-18(15-8-9-16(19)17(20)11-15)14-7-6-12-4-2-3-5-13(12)10-14/h6-11,18,21H,2-5H2,1H3. The van der Waals surface area contributed by atoms with Gasteiger partial charge >= 0.3 is 0 Å². The van der Waals surface area contributed by atoms with E-state index in [1.807, 2.05) is 13.1 Å². The molecule has 3 rings (SSSR count). The van der Waals surface area contributed by atoms with E-state index >= 15 is 0 Å². The summed E-state index contributed by atoms with van der Waals surface area (Å²) in [6, 6.07) is 12.1. The van der Waals surface area contributed by atoms with E-state index in [0.29, 0.717) is 4.47 Å². The molecule has 0 heterocycles. The van der Waals surface area contributed by atoms with Crippen molar-refractivity contribution in [3.05, 3.63) is 68.9 Å². The van der Waals surface area contributed by atoms with Crippen LogP contribution in [0.3, 0.4) is 0 Å². The zero-order valence-corrected chi connectivity index (χ0v) is 13.7. The van der Waals surface area contributed by atoms with E-state index in [1.54, 1.807) is 12.1 Å². The quantitative estimate of drug-likeness (QED) is 0.842. The fraction of sp³-hybridized carbons (Fsp3) is 0.333. The van der Waals surface area contributed by atoms with Crippen LogP contribution in [0.1, 0.15) is 41.1 Å². The Labute approximate surface area is 133 Å². The van der Waals surface area contributed by atoms with Crippen molar-refractivity contribution < 1.29 is 4.39 Å². The van der Waals surface area contributed by atoms with Gasteiger partial charge in [0, 0.05) is 0 Å². The Kier molecular flexibility index (Phi) is 4.41. The van der Waals surface area contributed by atoms with Gasteiger partial charge in [0.15, 0.2) is 0 Å². The van der Waals surface area contributed by atoms with Crippen LogP contribution in [-0.4, -0.2) is 7.05 Å². The molecule has 0 aromatic heterocycles. The minimum absolute atomic E-state index is 0.0276. The Balaban J connectivity index is 1.97. The summed E-state index contributed by atoms with van der Waals surface area (Å²) < 4.78 is 14.3. The first-order valence-corrected chi connectivity index (χ1v) is 8.22. The van der Waals surface area contributed by atoms with Crippen molar-refractivity contribution in [2.75, 3.05) is 7.05 Å². The average Bonchev–Trinajstić information content (AvgIpc) is 2.51. The highest BCUT2D eigenvalue weighted by Gasteiger charge is 2.16. The van der Waals surface area contributed by atoms with Gasteiger partial charge in [0.1, 0.15) is 5.82 Å². The number of aryl methyl sites for hydroxylation is 2. The number of halogens is 2. The molecule has 3 heteroatoms. The predicted molar refractivity (Wildman–Crippen MR) is 88.1 cm³/mol. The van der Waals surface area contributed by atoms with Gasteiger partial charge in [-0.2, -0.15) is 0 Å². The van der Waals surface area contributed by atoms with E-state index in [1.165, 1.54) is 36.0 Å². The van der Waals surface area contributed by atoms with Gasteiger partial charge in [-0.3, -0.25) is 0 Å². The molecule has 110 valence electrons. The van der Waals surface area contributed by atoms with Gasteiger partial charge in [-0.15, -0.1) is 0 Å². The number of benzene rings is 2. The van der Waals surface area contributed by atoms with Crippen LogP contribution in [-0.2, 0) is 12.8 Å². The van der Waals surface area contributed by atoms with Gasteiger partial charge in [-0.25, -0.2) is 4.39 Å². The van der Waals surface area contributed by atoms with Crippen LogP contribution in [0.5, 0.6) is 0 Å². The number of rotatable bonds is 3. The number of hydrogen-bond acceptors (Lipinski definition) is 1. The maximum atomic E-state index is 13.8. The summed E-state index contributed by atoms with van der Waals surface area (Å²) in [5.41, 5.74) is 5.09. The predicted octanol–water partition coefficient (Wildman–Crippen LogP) is 4.78. The summed E-state index contributed by atoms with van der Waals surface area (Å²) >= 11 is 3.21. The first-order chi connectivity index (χ1) is 10.2. The summed E-state index contributed by atoms with van der Waals surface area (Å²) in [5, 5.41) is 3.31. The van der Waals surface area contributed by atoms with Crippen molar-refractivity contribution in [3.63, 3.8) is 0 Å². The topological polar surface area (TPSA) is 12.0 Å². The molecule has 0 radical (unpaired) electrons. The zero-order chi connectivity index (χ0) is 14.8. The van der Waals surface area contributed by atoms with Crippen LogP contribution in [0.2, 0.25) is 0 Å². The van der Waals surface area contributed by atoms with E-state index < -0.39 is 0 Å². The van der Waals surface area contributed by atoms with E-state index in [2.05, 4.69) is 39.4 Å². The Morgan fingerprint density at radius 1 is 1.00 bits per heavy atom. The fourth-order valence-corrected chi connectivity index (χ4v) is 3.40. The molecule has 0 aliphatic heterocycles. The summed E-state index contributed by atoms with van der Waals surface area (Å²) in [6.45, 7) is 0. The molecule has 1 aliphatic rings. The first kappa shape index (κ1) is 14.7. The minimum Gasteiger partial charge on any atom is -0.309 e. The molecule has 0 spiro atoms. The molecule has 1 unspecified atom stereocenters. The van der Waals surface area contributed by atoms with E-state index in [4.69, 9.17) is 0 Å². The van der Waals surface area contributed by atoms with Crippen molar-refractivity contribution in [2.45, 2.75) is 31.7 Å². The summed E-state index contributed by atoms with van der Waals surface area (Å²) in [7, 11) is 1.92. The molecule has 21 heavy (non-hydrogen) atoms. The Morgan fingerprint density at radius 3 is 2.38 bits per heavy atom. The number of fused-ring (bicyclic) bond motifs is 1. The Morgan fingerprint density at radius 2 is 1.67 bits per heavy atom. The molecule has 1 atom stereocenters. The maximum absolute atomic E-state index is 13.8. The molecule has 0 saturated carbocycles. The van der Waals surface area contributed by atoms with E-state index in [-0.39, 0.29) is 11.9 Å². The smallest absolute Gasteiger partial charge is 0.137 e. The highest BCUT2D eigenvalue weighted by Crippen LogP contribution is 2.29. The molecule has 2 aromatic rings. The molecular formula is C18H19BrFN. The summed E-state index contributed by atoms with van der Waals surface area (Å²) in [6.07, 6.45) is 4.91. The third-order valence-electron chi connectivity index (χ3n) is 4.27. The maximum Gasteiger partial charge on any atom is 0.137 e. The SMILES string of the molecule is CNC(c1ccc(Br)c(F)c1)c1ccc2c(c1)CCCC2. The van der Waals surface area contributed by atoms with Gasteiger partial charge in [-0.05, 0) is 83.0 Å². The van der Waals surface area contributed by atoms with Crippen LogP contribution in [0.15, 0.2) is 40.9 Å². The molecule has 1 N–H and O–H groups in total. The van der Waals surface area contributed by atoms with E-state index in [9.17, 15) is 4.39 Å². The van der Waals surface area contributed by atoms with Crippen LogP contribution in [0.4, 0.5) is 4.39 Å². The molecule has 0 saturated heterocycles. The van der Waals surface area contributed by atoms with Crippen molar-refractivity contribution in [1.82, 2.24) is 5.32 Å². The highest BCUT2D eigenvalue weighted by molar-refractivity contribution is 9.10. The van der Waals surface area contributed by atoms with Gasteiger partial charge in [0.25, 0.3) is 0 Å². The van der Waals surface area contributed by atoms with Crippen molar-refractivity contribution >= 4 is 15.9 Å². The summed E-state index contributed by atoms with van der Waals surface area (Å²) in [5.74, 6) is -0.217. The second kappa shape index (κ2) is 6.29.